The topological polar surface area (TPSA) is 42.3 Å². The van der Waals surface area contributed by atoms with E-state index in [4.69, 9.17) is 4.74 Å². The summed E-state index contributed by atoms with van der Waals surface area (Å²) in [5.74, 6) is 1.78. The molecular weight excluding hydrogens is 320 g/mol. The van der Waals surface area contributed by atoms with Crippen LogP contribution in [-0.4, -0.2) is 36.1 Å². The third-order valence-corrected chi connectivity index (χ3v) is 5.59. The van der Waals surface area contributed by atoms with Gasteiger partial charge in [0.15, 0.2) is 0 Å². The lowest BCUT2D eigenvalue weighted by molar-refractivity contribution is 0.122. The van der Waals surface area contributed by atoms with E-state index in [1.165, 1.54) is 16.3 Å². The molecule has 1 N–H and O–H groups in total. The van der Waals surface area contributed by atoms with Crippen LogP contribution in [0.1, 0.15) is 36.0 Å². The van der Waals surface area contributed by atoms with Crippen LogP contribution < -0.4 is 10.2 Å². The van der Waals surface area contributed by atoms with E-state index in [1.807, 2.05) is 23.1 Å². The van der Waals surface area contributed by atoms with Gasteiger partial charge in [-0.2, -0.15) is 5.10 Å². The van der Waals surface area contributed by atoms with Gasteiger partial charge in [0, 0.05) is 43.2 Å². The van der Waals surface area contributed by atoms with Crippen molar-refractivity contribution >= 4 is 17.2 Å². The Labute approximate surface area is 148 Å². The fraction of sp³-hybridized carbons (Fsp3) is 0.611. The van der Waals surface area contributed by atoms with E-state index in [9.17, 15) is 0 Å². The lowest BCUT2D eigenvalue weighted by Crippen LogP contribution is -2.38. The molecule has 1 aliphatic heterocycles. The Bertz CT molecular complexity index is 644. The van der Waals surface area contributed by atoms with Crippen molar-refractivity contribution in [3.8, 4) is 0 Å². The van der Waals surface area contributed by atoms with Crippen molar-refractivity contribution in [2.24, 2.45) is 13.0 Å². The first-order chi connectivity index (χ1) is 11.6. The van der Waals surface area contributed by atoms with Crippen LogP contribution in [0.4, 0.5) is 5.82 Å². The molecule has 3 rings (SSSR count). The summed E-state index contributed by atoms with van der Waals surface area (Å²) in [5.41, 5.74) is 2.42. The number of ether oxygens (including phenoxy) is 1. The van der Waals surface area contributed by atoms with E-state index < -0.39 is 0 Å². The Morgan fingerprint density at radius 1 is 1.33 bits per heavy atom. The molecule has 24 heavy (non-hydrogen) atoms. The Morgan fingerprint density at radius 3 is 2.71 bits per heavy atom. The van der Waals surface area contributed by atoms with Gasteiger partial charge in [-0.15, -0.1) is 11.3 Å². The maximum Gasteiger partial charge on any atom is 0.131 e. The second-order valence-electron chi connectivity index (χ2n) is 6.73. The number of hydrogen-bond acceptors (Lipinski definition) is 5. The number of nitrogens with zero attached hydrogens (tertiary/aromatic N) is 3. The molecule has 0 spiro atoms. The van der Waals surface area contributed by atoms with Gasteiger partial charge in [0.05, 0.1) is 18.9 Å². The van der Waals surface area contributed by atoms with Crippen molar-refractivity contribution in [1.82, 2.24) is 15.1 Å². The van der Waals surface area contributed by atoms with Gasteiger partial charge >= 0.3 is 0 Å². The Morgan fingerprint density at radius 2 is 2.08 bits per heavy atom. The van der Waals surface area contributed by atoms with Crippen molar-refractivity contribution in [2.75, 3.05) is 31.2 Å². The van der Waals surface area contributed by atoms with Gasteiger partial charge in [-0.25, -0.2) is 0 Å². The molecule has 0 aliphatic carbocycles. The quantitative estimate of drug-likeness (QED) is 0.871. The lowest BCUT2D eigenvalue weighted by Gasteiger charge is -2.30. The largest absolute Gasteiger partial charge is 0.378 e. The minimum atomic E-state index is 0.377. The molecule has 0 bridgehead atoms. The lowest BCUT2D eigenvalue weighted by atomic mass is 10.0. The number of aryl methyl sites for hydroxylation is 2. The molecule has 0 unspecified atom stereocenters. The zero-order valence-electron chi connectivity index (χ0n) is 15.1. The summed E-state index contributed by atoms with van der Waals surface area (Å²) in [6.45, 7) is 11.0. The van der Waals surface area contributed by atoms with E-state index >= 15 is 0 Å². The summed E-state index contributed by atoms with van der Waals surface area (Å²) in [6.07, 6.45) is 0. The Hall–Kier alpha value is -1.37. The number of nitrogens with one attached hydrogen (secondary N) is 1. The molecule has 0 amide bonds. The average Bonchev–Trinajstić information content (AvgIpc) is 3.17. The predicted molar refractivity (Wildman–Crippen MR) is 99.7 cm³/mol. The van der Waals surface area contributed by atoms with Crippen LogP contribution in [-0.2, 0) is 18.3 Å². The Kier molecular flexibility index (Phi) is 5.58. The van der Waals surface area contributed by atoms with Crippen molar-refractivity contribution in [3.05, 3.63) is 33.6 Å². The fourth-order valence-corrected chi connectivity index (χ4v) is 4.39. The molecule has 1 aliphatic rings. The first-order valence-electron chi connectivity index (χ1n) is 8.70. The van der Waals surface area contributed by atoms with E-state index in [-0.39, 0.29) is 0 Å². The summed E-state index contributed by atoms with van der Waals surface area (Å²) in [5, 5.41) is 10.6. The number of hydrogen-bond donors (Lipinski definition) is 1. The van der Waals surface area contributed by atoms with Gasteiger partial charge in [0.2, 0.25) is 0 Å². The van der Waals surface area contributed by atoms with Gasteiger partial charge in [-0.05, 0) is 24.3 Å². The monoisotopic (exact) mass is 348 g/mol. The third kappa shape index (κ3) is 3.66. The summed E-state index contributed by atoms with van der Waals surface area (Å²) >= 11 is 1.83. The third-order valence-electron chi connectivity index (χ3n) is 4.64. The molecule has 132 valence electrons. The van der Waals surface area contributed by atoms with Crippen molar-refractivity contribution in [1.29, 1.82) is 0 Å². The first kappa shape index (κ1) is 17.5. The van der Waals surface area contributed by atoms with Crippen molar-refractivity contribution < 1.29 is 4.74 Å². The van der Waals surface area contributed by atoms with Gasteiger partial charge in [0.1, 0.15) is 5.82 Å². The molecule has 6 heteroatoms. The number of anilines is 1. The van der Waals surface area contributed by atoms with Gasteiger partial charge < -0.3 is 15.0 Å². The highest BCUT2D eigenvalue weighted by Crippen LogP contribution is 2.29. The minimum absolute atomic E-state index is 0.377. The molecule has 3 heterocycles. The van der Waals surface area contributed by atoms with Gasteiger partial charge in [0.25, 0.3) is 0 Å². The molecular formula is C18H28N4OS. The molecule has 1 saturated heterocycles. The molecule has 1 atom stereocenters. The fourth-order valence-electron chi connectivity index (χ4n) is 3.41. The zero-order valence-corrected chi connectivity index (χ0v) is 15.9. The number of morpholine rings is 1. The molecule has 0 saturated carbocycles. The summed E-state index contributed by atoms with van der Waals surface area (Å²) in [6, 6.07) is 4.73. The second-order valence-corrected chi connectivity index (χ2v) is 7.71. The zero-order chi connectivity index (χ0) is 17.1. The van der Waals surface area contributed by atoms with E-state index in [2.05, 4.69) is 53.6 Å². The highest BCUT2D eigenvalue weighted by molar-refractivity contribution is 7.10. The van der Waals surface area contributed by atoms with Crippen molar-refractivity contribution in [3.63, 3.8) is 0 Å². The summed E-state index contributed by atoms with van der Waals surface area (Å²) < 4.78 is 7.52. The molecule has 0 aromatic carbocycles. The first-order valence-corrected chi connectivity index (χ1v) is 9.58. The van der Waals surface area contributed by atoms with Crippen LogP contribution in [0, 0.1) is 12.8 Å². The highest BCUT2D eigenvalue weighted by Gasteiger charge is 2.23. The number of thiophene rings is 1. The molecule has 5 nitrogen and oxygen atoms in total. The standard InChI is InChI=1S/C18H28N4OS/c1-13(2)17(16-6-5-11-24-16)19-12-15-14(3)20-21(4)18(15)22-7-9-23-10-8-22/h5-6,11,13,17,19H,7-10,12H2,1-4H3/t17-/m0/s1. The van der Waals surface area contributed by atoms with Crippen LogP contribution in [0.3, 0.4) is 0 Å². The van der Waals surface area contributed by atoms with E-state index in [1.54, 1.807) is 0 Å². The minimum Gasteiger partial charge on any atom is -0.378 e. The van der Waals surface area contributed by atoms with Crippen LogP contribution >= 0.6 is 11.3 Å². The van der Waals surface area contributed by atoms with E-state index in [0.717, 1.165) is 38.5 Å². The Balaban J connectivity index is 1.79. The number of aromatic nitrogens is 2. The molecule has 2 aromatic heterocycles. The predicted octanol–water partition coefficient (Wildman–Crippen LogP) is 3.11. The maximum absolute atomic E-state index is 5.50. The van der Waals surface area contributed by atoms with Crippen LogP contribution in [0.25, 0.3) is 0 Å². The van der Waals surface area contributed by atoms with Gasteiger partial charge in [-0.3, -0.25) is 4.68 Å². The van der Waals surface area contributed by atoms with Crippen molar-refractivity contribution in [2.45, 2.75) is 33.4 Å². The van der Waals surface area contributed by atoms with Crippen LogP contribution in [0.5, 0.6) is 0 Å². The van der Waals surface area contributed by atoms with Crippen LogP contribution in [0.15, 0.2) is 17.5 Å². The second kappa shape index (κ2) is 7.68. The number of rotatable bonds is 6. The van der Waals surface area contributed by atoms with E-state index in [0.29, 0.717) is 12.0 Å². The summed E-state index contributed by atoms with van der Waals surface area (Å²) in [4.78, 5) is 3.80. The molecule has 2 aromatic rings. The smallest absolute Gasteiger partial charge is 0.131 e. The SMILES string of the molecule is Cc1nn(C)c(N2CCOCC2)c1CN[C@H](c1cccs1)C(C)C. The average molecular weight is 349 g/mol. The maximum atomic E-state index is 5.50. The highest BCUT2D eigenvalue weighted by atomic mass is 32.1. The normalized spacial score (nSPS) is 16.8. The van der Waals surface area contributed by atoms with Gasteiger partial charge in [-0.1, -0.05) is 19.9 Å². The summed E-state index contributed by atoms with van der Waals surface area (Å²) in [7, 11) is 2.04. The molecule has 1 fully saturated rings. The van der Waals surface area contributed by atoms with Crippen LogP contribution in [0.2, 0.25) is 0 Å². The molecule has 0 radical (unpaired) electrons.